The summed E-state index contributed by atoms with van der Waals surface area (Å²) < 4.78 is 0. The molecule has 0 heterocycles. The minimum atomic E-state index is -0.772. The zero-order valence-corrected chi connectivity index (χ0v) is 22.4. The zero-order chi connectivity index (χ0) is 25.2. The molecule has 1 atom stereocenters. The zero-order valence-electron chi connectivity index (χ0n) is 20.6. The van der Waals surface area contributed by atoms with Gasteiger partial charge in [-0.05, 0) is 107 Å². The number of anilines is 1. The summed E-state index contributed by atoms with van der Waals surface area (Å²) in [7, 11) is 0. The second-order valence-electron chi connectivity index (χ2n) is 8.94. The molecule has 0 bridgehead atoms. The van der Waals surface area contributed by atoms with E-state index in [1.165, 1.54) is 6.42 Å². The van der Waals surface area contributed by atoms with Crippen molar-refractivity contribution >= 4 is 29.1 Å². The van der Waals surface area contributed by atoms with Crippen molar-refractivity contribution in [2.24, 2.45) is 0 Å². The van der Waals surface area contributed by atoms with Gasteiger partial charge in [-0.15, -0.1) is 0 Å². The number of nitrogens with zero attached hydrogens (tertiary/aromatic N) is 1. The first-order valence-corrected chi connectivity index (χ1v) is 12.8. The molecular weight excluding hydrogens is 524 g/mol. The normalized spacial score (nSPS) is 18.7. The maximum atomic E-state index is 13.7. The number of rotatable bonds is 6. The molecule has 0 spiro atoms. The molecule has 3 saturated carbocycles. The molecule has 0 aromatic heterocycles. The summed E-state index contributed by atoms with van der Waals surface area (Å²) in [6.45, 7) is 0. The van der Waals surface area contributed by atoms with Gasteiger partial charge >= 0.3 is 17.1 Å². The summed E-state index contributed by atoms with van der Waals surface area (Å²) in [6.07, 6.45) is 23.0. The van der Waals surface area contributed by atoms with Crippen molar-refractivity contribution in [3.63, 3.8) is 0 Å². The van der Waals surface area contributed by atoms with Crippen molar-refractivity contribution in [3.8, 4) is 0 Å². The maximum absolute atomic E-state index is 13.7. The number of hydrogen-bond acceptors (Lipinski definition) is 2. The van der Waals surface area contributed by atoms with E-state index in [9.17, 15) is 9.59 Å². The second-order valence-corrected chi connectivity index (χ2v) is 9.38. The van der Waals surface area contributed by atoms with E-state index in [1.54, 1.807) is 41.3 Å². The molecule has 1 N–H and O–H groups in total. The Kier molecular flexibility index (Phi) is 12.5. The van der Waals surface area contributed by atoms with Crippen LogP contribution in [0, 0.1) is 63.7 Å². The van der Waals surface area contributed by atoms with E-state index in [0.717, 1.165) is 31.6 Å². The first kappa shape index (κ1) is 29.7. The van der Waals surface area contributed by atoms with Gasteiger partial charge in [0.2, 0.25) is 5.91 Å². The fraction of sp³-hybridized carbons (Fsp3) is 0.226. The van der Waals surface area contributed by atoms with E-state index in [0.29, 0.717) is 16.3 Å². The van der Waals surface area contributed by atoms with Crippen LogP contribution in [0.25, 0.3) is 0 Å². The fourth-order valence-electron chi connectivity index (χ4n) is 4.54. The molecular formula is C31H31ClFeN2O2+2. The smallest absolute Gasteiger partial charge is 0.352 e. The van der Waals surface area contributed by atoms with E-state index in [4.69, 9.17) is 11.6 Å². The predicted octanol–water partition coefficient (Wildman–Crippen LogP) is 6.23. The number of amides is 2. The predicted molar refractivity (Wildman–Crippen MR) is 145 cm³/mol. The molecule has 2 aromatic carbocycles. The molecule has 3 aliphatic carbocycles. The second kappa shape index (κ2) is 15.6. The number of nitrogens with one attached hydrogen (secondary N) is 1. The quantitative estimate of drug-likeness (QED) is 0.431. The van der Waals surface area contributed by atoms with Crippen LogP contribution in [0.4, 0.5) is 5.69 Å². The molecule has 5 rings (SSSR count). The molecule has 0 aliphatic heterocycles. The van der Waals surface area contributed by atoms with E-state index >= 15 is 0 Å². The Morgan fingerprint density at radius 2 is 1.35 bits per heavy atom. The molecule has 10 radical (unpaired) electrons. The molecule has 3 aliphatic rings. The molecule has 2 amide bonds. The van der Waals surface area contributed by atoms with Gasteiger partial charge in [0.05, 0.1) is 0 Å². The van der Waals surface area contributed by atoms with Crippen LogP contribution < -0.4 is 10.2 Å². The van der Waals surface area contributed by atoms with Gasteiger partial charge in [0, 0.05) is 28.2 Å². The van der Waals surface area contributed by atoms with Crippen LogP contribution in [0.2, 0.25) is 5.02 Å². The molecule has 0 saturated heterocycles. The van der Waals surface area contributed by atoms with E-state index in [1.807, 2.05) is 76.0 Å². The van der Waals surface area contributed by atoms with Gasteiger partial charge in [-0.2, -0.15) is 0 Å². The van der Waals surface area contributed by atoms with Gasteiger partial charge in [0.1, 0.15) is 6.04 Å². The van der Waals surface area contributed by atoms with Crippen LogP contribution in [0.3, 0.4) is 0 Å². The Hall–Kier alpha value is -1.81. The summed E-state index contributed by atoms with van der Waals surface area (Å²) in [4.78, 5) is 28.9. The summed E-state index contributed by atoms with van der Waals surface area (Å²) in [5.41, 5.74) is 1.16. The van der Waals surface area contributed by atoms with Crippen molar-refractivity contribution in [1.82, 2.24) is 5.32 Å². The van der Waals surface area contributed by atoms with Gasteiger partial charge in [-0.3, -0.25) is 14.5 Å². The number of halogens is 1. The van der Waals surface area contributed by atoms with Gasteiger partial charge in [0.25, 0.3) is 5.91 Å². The molecule has 1 unspecified atom stereocenters. The minimum absolute atomic E-state index is 0. The minimum Gasteiger partial charge on any atom is -0.352 e. The molecule has 3 fully saturated rings. The Labute approximate surface area is 238 Å². The third-order valence-electron chi connectivity index (χ3n) is 6.36. The topological polar surface area (TPSA) is 49.4 Å². The van der Waals surface area contributed by atoms with Gasteiger partial charge in [-0.1, -0.05) is 49.1 Å². The third kappa shape index (κ3) is 8.60. The summed E-state index contributed by atoms with van der Waals surface area (Å²) >= 11 is 6.10. The number of hydrogen-bond donors (Lipinski definition) is 1. The molecule has 37 heavy (non-hydrogen) atoms. The van der Waals surface area contributed by atoms with Gasteiger partial charge < -0.3 is 5.32 Å². The SMILES string of the molecule is O=C(NC1CCCCC1)C([C]1[CH][CH][CH][CH]1)N(C(=O)c1ccccc1)c1ccc(Cl)cc1.[CH]1[CH][CH][CH][CH]1.[Fe+2]. The van der Waals surface area contributed by atoms with Crippen LogP contribution >= 0.6 is 11.6 Å². The van der Waals surface area contributed by atoms with Crippen molar-refractivity contribution in [2.45, 2.75) is 44.2 Å². The largest absolute Gasteiger partial charge is 2.00 e. The monoisotopic (exact) mass is 554 g/mol. The number of benzene rings is 2. The van der Waals surface area contributed by atoms with E-state index < -0.39 is 6.04 Å². The van der Waals surface area contributed by atoms with Crippen LogP contribution in [0.1, 0.15) is 42.5 Å². The molecule has 190 valence electrons. The van der Waals surface area contributed by atoms with Crippen molar-refractivity contribution < 1.29 is 26.7 Å². The van der Waals surface area contributed by atoms with Crippen LogP contribution in [-0.4, -0.2) is 23.9 Å². The molecule has 2 aromatic rings. The average Bonchev–Trinajstić information content (AvgIpc) is 3.66. The van der Waals surface area contributed by atoms with Crippen LogP contribution in [0.5, 0.6) is 0 Å². The number of carbonyl (C=O) groups excluding carboxylic acids is 2. The van der Waals surface area contributed by atoms with E-state index in [-0.39, 0.29) is 34.9 Å². The maximum Gasteiger partial charge on any atom is 2.00 e. The Morgan fingerprint density at radius 1 is 0.784 bits per heavy atom. The Bertz CT molecular complexity index is 945. The van der Waals surface area contributed by atoms with Crippen molar-refractivity contribution in [1.29, 1.82) is 0 Å². The average molecular weight is 555 g/mol. The van der Waals surface area contributed by atoms with Crippen LogP contribution in [-0.2, 0) is 21.9 Å². The standard InChI is InChI=1S/C26H26ClN2O2.C5H5.Fe/c27-21-15-17-23(18-16-21)29(26(31)20-11-3-1-4-12-20)24(19-9-7-8-10-19)25(30)28-22-13-5-2-6-14-22;1-2-4-5-3-1;/h1,3-4,7-12,15-18,22,24H,2,5-6,13-14H2,(H,28,30);1-5H;/q;;+2. The van der Waals surface area contributed by atoms with Crippen molar-refractivity contribution in [3.05, 3.63) is 129 Å². The first-order valence-electron chi connectivity index (χ1n) is 12.5. The fourth-order valence-corrected chi connectivity index (χ4v) is 4.67. The van der Waals surface area contributed by atoms with Crippen molar-refractivity contribution in [2.75, 3.05) is 4.90 Å². The third-order valence-corrected chi connectivity index (χ3v) is 6.61. The summed E-state index contributed by atoms with van der Waals surface area (Å²) in [5, 5.41) is 3.79. The number of carbonyl (C=O) groups is 2. The van der Waals surface area contributed by atoms with Gasteiger partial charge in [0.15, 0.2) is 0 Å². The first-order chi connectivity index (χ1) is 17.6. The summed E-state index contributed by atoms with van der Waals surface area (Å²) in [6, 6.07) is 15.5. The van der Waals surface area contributed by atoms with Crippen LogP contribution in [0.15, 0.2) is 54.6 Å². The molecule has 4 nitrogen and oxygen atoms in total. The summed E-state index contributed by atoms with van der Waals surface area (Å²) in [5.74, 6) is 0.401. The Balaban J connectivity index is 0.000000568. The molecule has 6 heteroatoms. The van der Waals surface area contributed by atoms with E-state index in [2.05, 4.69) is 5.32 Å². The Morgan fingerprint density at radius 3 is 1.92 bits per heavy atom. The van der Waals surface area contributed by atoms with Gasteiger partial charge in [-0.25, -0.2) is 0 Å².